The quantitative estimate of drug-likeness (QED) is 0.578. The third kappa shape index (κ3) is 4.21. The minimum Gasteiger partial charge on any atom is -0.465 e. The Balaban J connectivity index is 2.17. The summed E-state index contributed by atoms with van der Waals surface area (Å²) >= 11 is 13.6. The minimum atomic E-state index is -0.638. The lowest BCUT2D eigenvalue weighted by Gasteiger charge is -2.07. The first-order valence-corrected chi connectivity index (χ1v) is 9.45. The molecular weight excluding hydrogens is 414 g/mol. The third-order valence-electron chi connectivity index (χ3n) is 3.60. The van der Waals surface area contributed by atoms with Crippen molar-refractivity contribution in [1.29, 1.82) is 0 Å². The van der Waals surface area contributed by atoms with Crippen LogP contribution in [0, 0.1) is 5.82 Å². The van der Waals surface area contributed by atoms with Crippen LogP contribution in [0.1, 0.15) is 17.3 Å². The molecule has 1 aromatic heterocycles. The summed E-state index contributed by atoms with van der Waals surface area (Å²) < 4.78 is 20.5. The summed E-state index contributed by atoms with van der Waals surface area (Å²) in [5.74, 6) is -1.68. The molecule has 0 aliphatic carbocycles. The van der Waals surface area contributed by atoms with Crippen molar-refractivity contribution in [1.82, 2.24) is 4.57 Å². The number of aromatic nitrogens is 1. The van der Waals surface area contributed by atoms with Crippen molar-refractivity contribution >= 4 is 56.6 Å². The van der Waals surface area contributed by atoms with E-state index in [1.807, 2.05) is 0 Å². The molecule has 0 bridgehead atoms. The number of benzene rings is 2. The van der Waals surface area contributed by atoms with Crippen molar-refractivity contribution in [2.75, 3.05) is 6.61 Å². The highest BCUT2D eigenvalue weighted by molar-refractivity contribution is 7.16. The Morgan fingerprint density at radius 1 is 1.26 bits per heavy atom. The molecule has 0 spiro atoms. The first-order chi connectivity index (χ1) is 12.9. The van der Waals surface area contributed by atoms with Crippen LogP contribution in [-0.4, -0.2) is 23.1 Å². The van der Waals surface area contributed by atoms with Crippen LogP contribution in [0.3, 0.4) is 0 Å². The van der Waals surface area contributed by atoms with E-state index in [9.17, 15) is 14.0 Å². The number of carbonyl (C=O) groups is 2. The van der Waals surface area contributed by atoms with Crippen LogP contribution in [0.15, 0.2) is 41.4 Å². The Morgan fingerprint density at radius 3 is 2.74 bits per heavy atom. The molecule has 2 aromatic carbocycles. The van der Waals surface area contributed by atoms with Crippen LogP contribution in [-0.2, 0) is 16.1 Å². The number of ether oxygens (including phenoxy) is 1. The van der Waals surface area contributed by atoms with Crippen LogP contribution in [0.5, 0.6) is 0 Å². The molecule has 0 saturated carbocycles. The maximum absolute atomic E-state index is 13.4. The molecule has 0 aliphatic heterocycles. The Kier molecular flexibility index (Phi) is 5.94. The molecule has 0 N–H and O–H groups in total. The van der Waals surface area contributed by atoms with Gasteiger partial charge in [0.15, 0.2) is 4.80 Å². The average molecular weight is 427 g/mol. The number of fused-ring (bicyclic) bond motifs is 1. The predicted octanol–water partition coefficient (Wildman–Crippen LogP) is 4.45. The second kappa shape index (κ2) is 8.21. The Hall–Kier alpha value is -2.22. The van der Waals surface area contributed by atoms with Crippen LogP contribution in [0.2, 0.25) is 10.0 Å². The van der Waals surface area contributed by atoms with Gasteiger partial charge in [-0.1, -0.05) is 40.6 Å². The minimum absolute atomic E-state index is 0.0965. The number of hydrogen-bond donors (Lipinski definition) is 0. The van der Waals surface area contributed by atoms with Crippen molar-refractivity contribution in [2.45, 2.75) is 13.5 Å². The van der Waals surface area contributed by atoms with Gasteiger partial charge < -0.3 is 9.30 Å². The summed E-state index contributed by atoms with van der Waals surface area (Å²) in [5.41, 5.74) is 0.576. The Labute approximate surface area is 167 Å². The predicted molar refractivity (Wildman–Crippen MR) is 103 cm³/mol. The zero-order valence-electron chi connectivity index (χ0n) is 14.0. The fraction of sp³-hybridized carbons (Fsp3) is 0.167. The molecule has 5 nitrogen and oxygen atoms in total. The molecule has 1 heterocycles. The SMILES string of the molecule is CCOC(=O)Cn1c(=NC(=O)c2cccc(F)c2)sc2ccc(Cl)c(Cl)c21. The van der Waals surface area contributed by atoms with Gasteiger partial charge in [0, 0.05) is 5.56 Å². The number of rotatable bonds is 4. The van der Waals surface area contributed by atoms with Gasteiger partial charge in [0.1, 0.15) is 12.4 Å². The topological polar surface area (TPSA) is 60.7 Å². The number of esters is 1. The largest absolute Gasteiger partial charge is 0.465 e. The van der Waals surface area contributed by atoms with E-state index in [0.29, 0.717) is 15.2 Å². The van der Waals surface area contributed by atoms with Crippen LogP contribution in [0.25, 0.3) is 10.2 Å². The average Bonchev–Trinajstić information content (AvgIpc) is 2.96. The molecule has 0 aliphatic rings. The van der Waals surface area contributed by atoms with Crippen molar-refractivity contribution in [2.24, 2.45) is 4.99 Å². The van der Waals surface area contributed by atoms with Crippen LogP contribution >= 0.6 is 34.5 Å². The van der Waals surface area contributed by atoms with E-state index in [2.05, 4.69) is 4.99 Å². The maximum Gasteiger partial charge on any atom is 0.326 e. The van der Waals surface area contributed by atoms with Crippen molar-refractivity contribution in [3.63, 3.8) is 0 Å². The Morgan fingerprint density at radius 2 is 2.04 bits per heavy atom. The van der Waals surface area contributed by atoms with Gasteiger partial charge in [-0.25, -0.2) is 4.39 Å². The number of halogens is 3. The number of hydrogen-bond acceptors (Lipinski definition) is 4. The van der Waals surface area contributed by atoms with Crippen molar-refractivity contribution < 1.29 is 18.7 Å². The van der Waals surface area contributed by atoms with Gasteiger partial charge in [0.05, 0.1) is 26.9 Å². The fourth-order valence-electron chi connectivity index (χ4n) is 2.44. The molecule has 0 saturated heterocycles. The first kappa shape index (κ1) is 19.5. The second-order valence-electron chi connectivity index (χ2n) is 5.41. The van der Waals surface area contributed by atoms with Gasteiger partial charge in [-0.05, 0) is 37.3 Å². The molecule has 0 fully saturated rings. The van der Waals surface area contributed by atoms with E-state index in [1.165, 1.54) is 22.8 Å². The monoisotopic (exact) mass is 426 g/mol. The van der Waals surface area contributed by atoms with Gasteiger partial charge in [-0.2, -0.15) is 4.99 Å². The summed E-state index contributed by atoms with van der Waals surface area (Å²) in [6.07, 6.45) is 0. The summed E-state index contributed by atoms with van der Waals surface area (Å²) in [6.45, 7) is 1.71. The highest BCUT2D eigenvalue weighted by Crippen LogP contribution is 2.32. The van der Waals surface area contributed by atoms with Crippen molar-refractivity contribution in [3.8, 4) is 0 Å². The normalized spacial score (nSPS) is 11.8. The van der Waals surface area contributed by atoms with E-state index in [4.69, 9.17) is 27.9 Å². The summed E-state index contributed by atoms with van der Waals surface area (Å²) in [4.78, 5) is 28.7. The van der Waals surface area contributed by atoms with Gasteiger partial charge in [-0.3, -0.25) is 9.59 Å². The van der Waals surface area contributed by atoms with Crippen LogP contribution in [0.4, 0.5) is 4.39 Å². The lowest BCUT2D eigenvalue weighted by atomic mass is 10.2. The molecule has 27 heavy (non-hydrogen) atoms. The zero-order chi connectivity index (χ0) is 19.6. The number of nitrogens with zero attached hydrogens (tertiary/aromatic N) is 2. The molecule has 3 rings (SSSR count). The highest BCUT2D eigenvalue weighted by atomic mass is 35.5. The lowest BCUT2D eigenvalue weighted by molar-refractivity contribution is -0.143. The van der Waals surface area contributed by atoms with E-state index in [0.717, 1.165) is 17.4 Å². The smallest absolute Gasteiger partial charge is 0.326 e. The number of carbonyl (C=O) groups excluding carboxylic acids is 2. The second-order valence-corrected chi connectivity index (χ2v) is 7.21. The molecule has 140 valence electrons. The summed E-state index contributed by atoms with van der Waals surface area (Å²) in [6, 6.07) is 8.56. The molecule has 0 atom stereocenters. The highest BCUT2D eigenvalue weighted by Gasteiger charge is 2.17. The van der Waals surface area contributed by atoms with Gasteiger partial charge >= 0.3 is 5.97 Å². The number of amides is 1. The molecule has 9 heteroatoms. The van der Waals surface area contributed by atoms with Gasteiger partial charge in [0.2, 0.25) is 0 Å². The molecule has 0 unspecified atom stereocenters. The van der Waals surface area contributed by atoms with E-state index < -0.39 is 17.7 Å². The number of thiazole rings is 1. The Bertz CT molecular complexity index is 1110. The standard InChI is InChI=1S/C18H13Cl2FN2O3S/c1-2-26-14(24)9-23-16-13(7-6-12(19)15(16)20)27-18(23)22-17(25)10-4-3-5-11(21)8-10/h3-8H,2,9H2,1H3. The molecule has 0 radical (unpaired) electrons. The third-order valence-corrected chi connectivity index (χ3v) is 5.43. The summed E-state index contributed by atoms with van der Waals surface area (Å²) in [7, 11) is 0. The van der Waals surface area contributed by atoms with Gasteiger partial charge in [-0.15, -0.1) is 0 Å². The molecular formula is C18H13Cl2FN2O3S. The molecule has 1 amide bonds. The molecule has 3 aromatic rings. The fourth-order valence-corrected chi connectivity index (χ4v) is 3.96. The summed E-state index contributed by atoms with van der Waals surface area (Å²) in [5, 5.41) is 0.553. The van der Waals surface area contributed by atoms with Crippen molar-refractivity contribution in [3.05, 3.63) is 62.6 Å². The van der Waals surface area contributed by atoms with Crippen LogP contribution < -0.4 is 4.80 Å². The van der Waals surface area contributed by atoms with E-state index in [-0.39, 0.29) is 28.5 Å². The zero-order valence-corrected chi connectivity index (χ0v) is 16.4. The lowest BCUT2D eigenvalue weighted by Crippen LogP contribution is -2.23. The first-order valence-electron chi connectivity index (χ1n) is 7.88. The maximum atomic E-state index is 13.4. The van der Waals surface area contributed by atoms with E-state index >= 15 is 0 Å². The van der Waals surface area contributed by atoms with E-state index in [1.54, 1.807) is 19.1 Å². The van der Waals surface area contributed by atoms with Gasteiger partial charge in [0.25, 0.3) is 5.91 Å².